The first-order valence-corrected chi connectivity index (χ1v) is 7.15. The van der Waals surface area contributed by atoms with Gasteiger partial charge in [0, 0.05) is 14.9 Å². The number of benzene rings is 2. The number of halogens is 1. The Balaban J connectivity index is 2.06. The third-order valence-corrected chi connectivity index (χ3v) is 3.67. The molecule has 2 aromatic rings. The van der Waals surface area contributed by atoms with Crippen molar-refractivity contribution in [3.63, 3.8) is 0 Å². The molecular weight excluding hydrogens is 322 g/mol. The van der Waals surface area contributed by atoms with Gasteiger partial charge in [-0.15, -0.1) is 12.6 Å². The van der Waals surface area contributed by atoms with Gasteiger partial charge in [-0.1, -0.05) is 28.1 Å². The van der Waals surface area contributed by atoms with E-state index < -0.39 is 0 Å². The minimum Gasteiger partial charge on any atom is -0.346 e. The Bertz CT molecular complexity index is 566. The average Bonchev–Trinajstić information content (AvgIpc) is 2.40. The Kier molecular flexibility index (Phi) is 4.66. The number of carbonyl (C=O) groups excluding carboxylic acids is 1. The molecule has 0 bridgehead atoms. The number of thiol groups is 1. The third-order valence-electron chi connectivity index (χ3n) is 2.85. The highest BCUT2D eigenvalue weighted by Gasteiger charge is 2.11. The van der Waals surface area contributed by atoms with E-state index in [0.29, 0.717) is 5.56 Å². The van der Waals surface area contributed by atoms with Crippen molar-refractivity contribution in [2.24, 2.45) is 0 Å². The highest BCUT2D eigenvalue weighted by molar-refractivity contribution is 9.10. The summed E-state index contributed by atoms with van der Waals surface area (Å²) in [5, 5.41) is 2.97. The Hall–Kier alpha value is -1.26. The van der Waals surface area contributed by atoms with Crippen LogP contribution in [0.3, 0.4) is 0 Å². The lowest BCUT2D eigenvalue weighted by atomic mass is 10.1. The standard InChI is InChI=1S/C15H14BrNOS/c1-10(11-2-6-13(16)7-3-11)17-15(18)12-4-8-14(19)9-5-12/h2-10,19H,1H3,(H,17,18). The molecule has 1 amide bonds. The number of hydrogen-bond donors (Lipinski definition) is 2. The van der Waals surface area contributed by atoms with Gasteiger partial charge in [-0.25, -0.2) is 0 Å². The summed E-state index contributed by atoms with van der Waals surface area (Å²) in [5.74, 6) is -0.0799. The molecule has 1 unspecified atom stereocenters. The maximum atomic E-state index is 12.1. The molecule has 2 nitrogen and oxygen atoms in total. The second-order valence-corrected chi connectivity index (χ2v) is 5.73. The summed E-state index contributed by atoms with van der Waals surface area (Å²) >= 11 is 7.59. The smallest absolute Gasteiger partial charge is 0.251 e. The molecule has 19 heavy (non-hydrogen) atoms. The van der Waals surface area contributed by atoms with Crippen molar-refractivity contribution in [3.05, 3.63) is 64.1 Å². The van der Waals surface area contributed by atoms with Gasteiger partial charge in [0.1, 0.15) is 0 Å². The van der Waals surface area contributed by atoms with Gasteiger partial charge in [-0.3, -0.25) is 4.79 Å². The molecule has 0 radical (unpaired) electrons. The number of rotatable bonds is 3. The van der Waals surface area contributed by atoms with Gasteiger partial charge in [-0.05, 0) is 48.9 Å². The lowest BCUT2D eigenvalue weighted by Crippen LogP contribution is -2.26. The predicted molar refractivity (Wildman–Crippen MR) is 83.7 cm³/mol. The minimum absolute atomic E-state index is 0.0312. The number of nitrogens with one attached hydrogen (secondary N) is 1. The van der Waals surface area contributed by atoms with Crippen LogP contribution in [0.5, 0.6) is 0 Å². The van der Waals surface area contributed by atoms with E-state index in [1.807, 2.05) is 43.3 Å². The number of carbonyl (C=O) groups is 1. The summed E-state index contributed by atoms with van der Waals surface area (Å²) in [6.07, 6.45) is 0. The highest BCUT2D eigenvalue weighted by Crippen LogP contribution is 2.17. The molecule has 0 spiro atoms. The molecular formula is C15H14BrNOS. The fraction of sp³-hybridized carbons (Fsp3) is 0.133. The van der Waals surface area contributed by atoms with Crippen LogP contribution in [-0.2, 0) is 0 Å². The van der Waals surface area contributed by atoms with Gasteiger partial charge in [0.25, 0.3) is 5.91 Å². The van der Waals surface area contributed by atoms with Crippen LogP contribution in [-0.4, -0.2) is 5.91 Å². The van der Waals surface area contributed by atoms with Crippen molar-refractivity contribution in [2.75, 3.05) is 0 Å². The largest absolute Gasteiger partial charge is 0.346 e. The predicted octanol–water partition coefficient (Wildman–Crippen LogP) is 4.23. The molecule has 1 atom stereocenters. The second-order valence-electron chi connectivity index (χ2n) is 4.29. The Morgan fingerprint density at radius 2 is 1.68 bits per heavy atom. The topological polar surface area (TPSA) is 29.1 Å². The molecule has 0 aliphatic carbocycles. The van der Waals surface area contributed by atoms with E-state index in [1.54, 1.807) is 12.1 Å². The molecule has 0 fully saturated rings. The zero-order valence-corrected chi connectivity index (χ0v) is 12.9. The van der Waals surface area contributed by atoms with Crippen molar-refractivity contribution >= 4 is 34.5 Å². The molecule has 0 saturated carbocycles. The molecule has 0 saturated heterocycles. The van der Waals surface area contributed by atoms with Crippen LogP contribution in [0.1, 0.15) is 28.9 Å². The fourth-order valence-electron chi connectivity index (χ4n) is 1.73. The van der Waals surface area contributed by atoms with E-state index in [-0.39, 0.29) is 11.9 Å². The van der Waals surface area contributed by atoms with Crippen molar-refractivity contribution in [2.45, 2.75) is 17.9 Å². The van der Waals surface area contributed by atoms with Gasteiger partial charge in [0.15, 0.2) is 0 Å². The number of amides is 1. The van der Waals surface area contributed by atoms with Gasteiger partial charge in [0.05, 0.1) is 6.04 Å². The normalized spacial score (nSPS) is 11.9. The van der Waals surface area contributed by atoms with Gasteiger partial charge < -0.3 is 5.32 Å². The van der Waals surface area contributed by atoms with E-state index in [0.717, 1.165) is 14.9 Å². The summed E-state index contributed by atoms with van der Waals surface area (Å²) in [5.41, 5.74) is 1.71. The maximum Gasteiger partial charge on any atom is 0.251 e. The lowest BCUT2D eigenvalue weighted by molar-refractivity contribution is 0.0940. The first-order chi connectivity index (χ1) is 9.06. The number of hydrogen-bond acceptors (Lipinski definition) is 2. The van der Waals surface area contributed by atoms with Gasteiger partial charge in [-0.2, -0.15) is 0 Å². The molecule has 2 rings (SSSR count). The van der Waals surface area contributed by atoms with Crippen LogP contribution in [0.15, 0.2) is 57.9 Å². The Morgan fingerprint density at radius 3 is 2.26 bits per heavy atom. The summed E-state index contributed by atoms with van der Waals surface area (Å²) in [6, 6.07) is 15.0. The maximum absolute atomic E-state index is 12.1. The second kappa shape index (κ2) is 6.26. The summed E-state index contributed by atoms with van der Waals surface area (Å²) < 4.78 is 1.03. The van der Waals surface area contributed by atoms with E-state index in [9.17, 15) is 4.79 Å². The van der Waals surface area contributed by atoms with Crippen LogP contribution in [0, 0.1) is 0 Å². The zero-order valence-electron chi connectivity index (χ0n) is 10.4. The SMILES string of the molecule is CC(NC(=O)c1ccc(S)cc1)c1ccc(Br)cc1. The van der Waals surface area contributed by atoms with Crippen LogP contribution in [0.4, 0.5) is 0 Å². The van der Waals surface area contributed by atoms with Crippen LogP contribution in [0.25, 0.3) is 0 Å². The van der Waals surface area contributed by atoms with Crippen molar-refractivity contribution in [3.8, 4) is 0 Å². The van der Waals surface area contributed by atoms with Gasteiger partial charge >= 0.3 is 0 Å². The van der Waals surface area contributed by atoms with Crippen molar-refractivity contribution < 1.29 is 4.79 Å². The first kappa shape index (κ1) is 14.2. The quantitative estimate of drug-likeness (QED) is 0.807. The van der Waals surface area contributed by atoms with Crippen LogP contribution >= 0.6 is 28.6 Å². The Labute approximate surface area is 126 Å². The van der Waals surface area contributed by atoms with Crippen LogP contribution in [0.2, 0.25) is 0 Å². The molecule has 0 aromatic heterocycles. The average molecular weight is 336 g/mol. The molecule has 0 aliphatic rings. The lowest BCUT2D eigenvalue weighted by Gasteiger charge is -2.14. The summed E-state index contributed by atoms with van der Waals surface area (Å²) in [4.78, 5) is 12.9. The molecule has 0 aliphatic heterocycles. The zero-order chi connectivity index (χ0) is 13.8. The van der Waals surface area contributed by atoms with E-state index in [1.165, 1.54) is 0 Å². The highest BCUT2D eigenvalue weighted by atomic mass is 79.9. The third kappa shape index (κ3) is 3.85. The first-order valence-electron chi connectivity index (χ1n) is 5.91. The molecule has 1 N–H and O–H groups in total. The monoisotopic (exact) mass is 335 g/mol. The fourth-order valence-corrected chi connectivity index (χ4v) is 2.14. The van der Waals surface area contributed by atoms with Crippen molar-refractivity contribution in [1.29, 1.82) is 0 Å². The molecule has 4 heteroatoms. The van der Waals surface area contributed by atoms with Crippen molar-refractivity contribution in [1.82, 2.24) is 5.32 Å². The minimum atomic E-state index is -0.0799. The van der Waals surface area contributed by atoms with E-state index >= 15 is 0 Å². The Morgan fingerprint density at radius 1 is 1.11 bits per heavy atom. The van der Waals surface area contributed by atoms with E-state index in [2.05, 4.69) is 33.9 Å². The summed E-state index contributed by atoms with van der Waals surface area (Å²) in [7, 11) is 0. The van der Waals surface area contributed by atoms with Crippen LogP contribution < -0.4 is 5.32 Å². The van der Waals surface area contributed by atoms with Gasteiger partial charge in [0.2, 0.25) is 0 Å². The molecule has 98 valence electrons. The molecule has 2 aromatic carbocycles. The molecule has 0 heterocycles. The van der Waals surface area contributed by atoms with E-state index in [4.69, 9.17) is 0 Å². The summed E-state index contributed by atoms with van der Waals surface area (Å²) in [6.45, 7) is 1.97.